The zero-order chi connectivity index (χ0) is 20.3. The lowest BCUT2D eigenvalue weighted by molar-refractivity contribution is -0.276. The number of rotatable bonds is 5. The maximum atomic E-state index is 14.4. The zero-order valence-electron chi connectivity index (χ0n) is 15.5. The Morgan fingerprint density at radius 3 is 2.25 bits per heavy atom. The standard InChI is InChI=1S/C22H21F5O/c1-2-3-14-4-6-15(7-5-14)16-8-10-17(11-9-16)18-12-13-19(23)21(20(18)24)28-22(25,26)27/h6,8-14H,2-5,7H2,1H3. The third-order valence-electron chi connectivity index (χ3n) is 5.05. The van der Waals surface area contributed by atoms with Gasteiger partial charge in [0.1, 0.15) is 0 Å². The molecule has 2 aromatic rings. The second-order valence-electron chi connectivity index (χ2n) is 7.02. The van der Waals surface area contributed by atoms with Crippen molar-refractivity contribution in [2.75, 3.05) is 0 Å². The van der Waals surface area contributed by atoms with Crippen LogP contribution in [0.25, 0.3) is 16.7 Å². The van der Waals surface area contributed by atoms with E-state index in [0.29, 0.717) is 11.5 Å². The largest absolute Gasteiger partial charge is 0.573 e. The molecule has 28 heavy (non-hydrogen) atoms. The van der Waals surface area contributed by atoms with Gasteiger partial charge in [0.25, 0.3) is 0 Å². The first-order valence-electron chi connectivity index (χ1n) is 9.32. The number of allylic oxidation sites excluding steroid dienone is 2. The molecule has 0 bridgehead atoms. The summed E-state index contributed by atoms with van der Waals surface area (Å²) >= 11 is 0. The average Bonchev–Trinajstić information content (AvgIpc) is 2.66. The van der Waals surface area contributed by atoms with Crippen LogP contribution in [0.3, 0.4) is 0 Å². The zero-order valence-corrected chi connectivity index (χ0v) is 15.5. The van der Waals surface area contributed by atoms with E-state index >= 15 is 0 Å². The molecule has 0 radical (unpaired) electrons. The molecule has 0 aliphatic heterocycles. The summed E-state index contributed by atoms with van der Waals surface area (Å²) in [5, 5.41) is 0. The van der Waals surface area contributed by atoms with Crippen molar-refractivity contribution in [2.24, 2.45) is 5.92 Å². The Hall–Kier alpha value is -2.37. The van der Waals surface area contributed by atoms with E-state index in [1.54, 1.807) is 12.1 Å². The molecule has 0 fully saturated rings. The monoisotopic (exact) mass is 396 g/mol. The molecule has 1 nitrogen and oxygen atoms in total. The van der Waals surface area contributed by atoms with Gasteiger partial charge in [0, 0.05) is 5.56 Å². The van der Waals surface area contributed by atoms with Gasteiger partial charge in [0.15, 0.2) is 11.6 Å². The van der Waals surface area contributed by atoms with Gasteiger partial charge in [0.2, 0.25) is 5.75 Å². The van der Waals surface area contributed by atoms with Crippen LogP contribution < -0.4 is 4.74 Å². The Balaban J connectivity index is 1.83. The van der Waals surface area contributed by atoms with Gasteiger partial charge in [-0.05, 0) is 54.0 Å². The van der Waals surface area contributed by atoms with E-state index in [-0.39, 0.29) is 5.56 Å². The number of ether oxygens (including phenoxy) is 1. The number of alkyl halides is 3. The van der Waals surface area contributed by atoms with Gasteiger partial charge in [-0.2, -0.15) is 0 Å². The molecular weight excluding hydrogens is 375 g/mol. The van der Waals surface area contributed by atoms with E-state index in [0.717, 1.165) is 37.0 Å². The highest BCUT2D eigenvalue weighted by molar-refractivity contribution is 5.72. The van der Waals surface area contributed by atoms with Crippen molar-refractivity contribution in [3.05, 3.63) is 59.7 Å². The molecule has 0 saturated heterocycles. The van der Waals surface area contributed by atoms with E-state index in [2.05, 4.69) is 17.7 Å². The predicted octanol–water partition coefficient (Wildman–Crippen LogP) is 7.51. The highest BCUT2D eigenvalue weighted by Gasteiger charge is 2.34. The number of hydrogen-bond acceptors (Lipinski definition) is 1. The molecule has 1 aliphatic carbocycles. The van der Waals surface area contributed by atoms with E-state index in [9.17, 15) is 22.0 Å². The highest BCUT2D eigenvalue weighted by atomic mass is 19.4. The van der Waals surface area contributed by atoms with Gasteiger partial charge in [0.05, 0.1) is 0 Å². The lowest BCUT2D eigenvalue weighted by Crippen LogP contribution is -2.19. The molecule has 2 aromatic carbocycles. The van der Waals surface area contributed by atoms with Gasteiger partial charge in [-0.15, -0.1) is 13.2 Å². The van der Waals surface area contributed by atoms with E-state index in [4.69, 9.17) is 0 Å². The smallest absolute Gasteiger partial charge is 0.399 e. The number of halogens is 5. The van der Waals surface area contributed by atoms with Crippen molar-refractivity contribution in [2.45, 2.75) is 45.4 Å². The first-order valence-corrected chi connectivity index (χ1v) is 9.32. The van der Waals surface area contributed by atoms with Crippen LogP contribution in [0, 0.1) is 17.6 Å². The molecule has 6 heteroatoms. The molecule has 1 aliphatic rings. The third kappa shape index (κ3) is 4.72. The molecule has 0 heterocycles. The van der Waals surface area contributed by atoms with Gasteiger partial charge in [-0.25, -0.2) is 8.78 Å². The van der Waals surface area contributed by atoms with Crippen LogP contribution >= 0.6 is 0 Å². The summed E-state index contributed by atoms with van der Waals surface area (Å²) in [7, 11) is 0. The van der Waals surface area contributed by atoms with Gasteiger partial charge >= 0.3 is 6.36 Å². The minimum atomic E-state index is -5.17. The fourth-order valence-corrected chi connectivity index (χ4v) is 3.65. The summed E-state index contributed by atoms with van der Waals surface area (Å²) in [6.45, 7) is 2.18. The highest BCUT2D eigenvalue weighted by Crippen LogP contribution is 2.36. The summed E-state index contributed by atoms with van der Waals surface area (Å²) in [5.74, 6) is -3.49. The van der Waals surface area contributed by atoms with Crippen LogP contribution in [0.1, 0.15) is 44.6 Å². The van der Waals surface area contributed by atoms with Crippen molar-refractivity contribution in [3.63, 3.8) is 0 Å². The molecule has 0 aromatic heterocycles. The van der Waals surface area contributed by atoms with Gasteiger partial charge < -0.3 is 4.74 Å². The summed E-state index contributed by atoms with van der Waals surface area (Å²) in [4.78, 5) is 0. The molecule has 150 valence electrons. The molecule has 0 N–H and O–H groups in total. The molecule has 0 saturated carbocycles. The van der Waals surface area contributed by atoms with Crippen molar-refractivity contribution in [1.29, 1.82) is 0 Å². The lowest BCUT2D eigenvalue weighted by atomic mass is 9.84. The Kier molecular flexibility index (Phi) is 6.06. The van der Waals surface area contributed by atoms with Crippen LogP contribution in [-0.2, 0) is 0 Å². The first-order chi connectivity index (χ1) is 13.3. The van der Waals surface area contributed by atoms with Crippen molar-refractivity contribution < 1.29 is 26.7 Å². The van der Waals surface area contributed by atoms with Gasteiger partial charge in [-0.3, -0.25) is 0 Å². The van der Waals surface area contributed by atoms with Crippen molar-refractivity contribution >= 4 is 5.57 Å². The molecule has 0 spiro atoms. The SMILES string of the molecule is CCCC1CC=C(c2ccc(-c3ccc(F)c(OC(F)(F)F)c3F)cc2)CC1. The quantitative estimate of drug-likeness (QED) is 0.475. The molecular formula is C22H21F5O. The Morgan fingerprint density at radius 2 is 1.68 bits per heavy atom. The second-order valence-corrected chi connectivity index (χ2v) is 7.02. The fourth-order valence-electron chi connectivity index (χ4n) is 3.65. The Bertz CT molecular complexity index is 852. The topological polar surface area (TPSA) is 9.23 Å². The van der Waals surface area contributed by atoms with Gasteiger partial charge in [-0.1, -0.05) is 50.1 Å². The average molecular weight is 396 g/mol. The fraction of sp³-hybridized carbons (Fsp3) is 0.364. The molecule has 0 amide bonds. The van der Waals surface area contributed by atoms with Crippen molar-refractivity contribution in [1.82, 2.24) is 0 Å². The maximum absolute atomic E-state index is 14.4. The molecule has 1 unspecified atom stereocenters. The maximum Gasteiger partial charge on any atom is 0.573 e. The van der Waals surface area contributed by atoms with E-state index < -0.39 is 23.7 Å². The Morgan fingerprint density at radius 1 is 1.00 bits per heavy atom. The summed E-state index contributed by atoms with van der Waals surface area (Å²) in [6.07, 6.45) is 2.58. The minimum Gasteiger partial charge on any atom is -0.399 e. The van der Waals surface area contributed by atoms with Crippen LogP contribution in [-0.4, -0.2) is 6.36 Å². The van der Waals surface area contributed by atoms with E-state index in [1.807, 2.05) is 12.1 Å². The lowest BCUT2D eigenvalue weighted by Gasteiger charge is -2.21. The molecule has 1 atom stereocenters. The minimum absolute atomic E-state index is 0.146. The normalized spacial score (nSPS) is 17.4. The third-order valence-corrected chi connectivity index (χ3v) is 5.05. The summed E-state index contributed by atoms with van der Waals surface area (Å²) < 4.78 is 68.8. The predicted molar refractivity (Wildman–Crippen MR) is 98.7 cm³/mol. The van der Waals surface area contributed by atoms with E-state index in [1.165, 1.54) is 18.4 Å². The first kappa shape index (κ1) is 20.4. The summed E-state index contributed by atoms with van der Waals surface area (Å²) in [5.41, 5.74) is 2.44. The number of benzene rings is 2. The summed E-state index contributed by atoms with van der Waals surface area (Å²) in [6, 6.07) is 8.76. The second kappa shape index (κ2) is 8.33. The Labute approximate surface area is 160 Å². The van der Waals surface area contributed by atoms with Crippen molar-refractivity contribution in [3.8, 4) is 16.9 Å². The van der Waals surface area contributed by atoms with Crippen LogP contribution in [0.15, 0.2) is 42.5 Å². The molecule has 3 rings (SSSR count). The van der Waals surface area contributed by atoms with Crippen LogP contribution in [0.5, 0.6) is 5.75 Å². The number of hydrogen-bond donors (Lipinski definition) is 0. The van der Waals surface area contributed by atoms with Crippen LogP contribution in [0.2, 0.25) is 0 Å². The van der Waals surface area contributed by atoms with Crippen LogP contribution in [0.4, 0.5) is 22.0 Å².